The molecular weight excluding hydrogens is 600 g/mol. The first-order chi connectivity index (χ1) is 23.6. The summed E-state index contributed by atoms with van der Waals surface area (Å²) in [5, 5.41) is 4.87. The van der Waals surface area contributed by atoms with Crippen LogP contribution in [0.15, 0.2) is 161 Å². The van der Waals surface area contributed by atoms with E-state index in [4.69, 9.17) is 0 Å². The van der Waals surface area contributed by atoms with Gasteiger partial charge < -0.3 is 0 Å². The van der Waals surface area contributed by atoms with Crippen molar-refractivity contribution in [2.24, 2.45) is 0 Å². The molecule has 3 aromatic carbocycles. The summed E-state index contributed by atoms with van der Waals surface area (Å²) in [4.78, 5) is 61.5. The number of nitrogens with zero attached hydrogens (tertiary/aromatic N) is 6. The molecule has 9 aromatic rings. The van der Waals surface area contributed by atoms with Crippen molar-refractivity contribution in [2.45, 2.75) is 0 Å². The maximum absolute atomic E-state index is 12.2. The molecule has 0 fully saturated rings. The Bertz CT molecular complexity index is 2340. The monoisotopic (exact) mass is 624 g/mol. The van der Waals surface area contributed by atoms with Crippen LogP contribution < -0.4 is 16.3 Å². The number of hydrogen-bond donors (Lipinski definition) is 0. The summed E-state index contributed by atoms with van der Waals surface area (Å²) in [5.74, 6) is 0. The SMILES string of the molecule is O=c1c2cccnc2ccc2cccnc12.O=c1c2cccnc2ccc2ncccc12.O=c1c2ccncc2ccc2ncccc12. The lowest BCUT2D eigenvalue weighted by molar-refractivity contribution is 1.36. The van der Waals surface area contributed by atoms with Gasteiger partial charge in [0.05, 0.1) is 22.1 Å². The summed E-state index contributed by atoms with van der Waals surface area (Å²) in [6.45, 7) is 0. The van der Waals surface area contributed by atoms with E-state index in [9.17, 15) is 14.4 Å². The van der Waals surface area contributed by atoms with Gasteiger partial charge in [-0.05, 0) is 84.9 Å². The molecule has 0 unspecified atom stereocenters. The molecule has 0 aliphatic heterocycles. The molecule has 228 valence electrons. The van der Waals surface area contributed by atoms with Gasteiger partial charge in [0.15, 0.2) is 10.9 Å². The van der Waals surface area contributed by atoms with Gasteiger partial charge in [0.1, 0.15) is 5.52 Å². The van der Waals surface area contributed by atoms with E-state index in [0.717, 1.165) is 10.8 Å². The van der Waals surface area contributed by atoms with Crippen LogP contribution in [-0.2, 0) is 0 Å². The van der Waals surface area contributed by atoms with Crippen molar-refractivity contribution in [2.75, 3.05) is 0 Å². The van der Waals surface area contributed by atoms with Crippen molar-refractivity contribution in [1.82, 2.24) is 29.9 Å². The molecule has 0 amide bonds. The quantitative estimate of drug-likeness (QED) is 0.187. The molecule has 0 aliphatic rings. The van der Waals surface area contributed by atoms with E-state index in [1.165, 1.54) is 0 Å². The van der Waals surface area contributed by atoms with Gasteiger partial charge in [-0.1, -0.05) is 18.2 Å². The minimum absolute atomic E-state index is 0.00509. The van der Waals surface area contributed by atoms with Crippen LogP contribution in [0.2, 0.25) is 0 Å². The molecule has 9 heteroatoms. The van der Waals surface area contributed by atoms with Crippen molar-refractivity contribution in [3.05, 3.63) is 177 Å². The lowest BCUT2D eigenvalue weighted by Gasteiger charge is -1.89. The lowest BCUT2D eigenvalue weighted by Crippen LogP contribution is -2.00. The highest BCUT2D eigenvalue weighted by molar-refractivity contribution is 5.92. The van der Waals surface area contributed by atoms with E-state index in [1.807, 2.05) is 48.5 Å². The highest BCUT2D eigenvalue weighted by Crippen LogP contribution is 2.13. The maximum Gasteiger partial charge on any atom is 0.214 e. The van der Waals surface area contributed by atoms with Gasteiger partial charge in [-0.25, -0.2) is 0 Å². The lowest BCUT2D eigenvalue weighted by atomic mass is 10.2. The molecule has 0 saturated carbocycles. The van der Waals surface area contributed by atoms with Gasteiger partial charge in [-0.3, -0.25) is 44.3 Å². The molecular formula is C39H24N6O3. The van der Waals surface area contributed by atoms with E-state index >= 15 is 0 Å². The van der Waals surface area contributed by atoms with Crippen molar-refractivity contribution in [3.8, 4) is 0 Å². The topological polar surface area (TPSA) is 129 Å². The largest absolute Gasteiger partial charge is 0.289 e. The third-order valence-corrected chi connectivity index (χ3v) is 7.72. The summed E-state index contributed by atoms with van der Waals surface area (Å²) < 4.78 is 0. The Morgan fingerprint density at radius 2 is 0.750 bits per heavy atom. The second kappa shape index (κ2) is 13.2. The van der Waals surface area contributed by atoms with Gasteiger partial charge >= 0.3 is 0 Å². The van der Waals surface area contributed by atoms with Crippen LogP contribution in [0.1, 0.15) is 0 Å². The van der Waals surface area contributed by atoms with Crippen LogP contribution in [0.4, 0.5) is 0 Å². The zero-order valence-electron chi connectivity index (χ0n) is 25.3. The highest BCUT2D eigenvalue weighted by Gasteiger charge is 2.04. The van der Waals surface area contributed by atoms with Crippen molar-refractivity contribution >= 4 is 65.3 Å². The Balaban J connectivity index is 0.000000114. The third-order valence-electron chi connectivity index (χ3n) is 7.72. The highest BCUT2D eigenvalue weighted by atomic mass is 16.1. The van der Waals surface area contributed by atoms with E-state index in [0.29, 0.717) is 54.5 Å². The standard InChI is InChI=1S/3C13H8N2O/c16-13-10-4-2-7-14-11(10)6-5-9-3-1-8-15-12(9)13;16-13-9-3-1-7-14-11(9)5-6-12-10(13)4-2-8-15-12;16-13-10-5-7-14-8-9(10)3-4-12-11(13)2-1-6-15-12/h3*1-8H. The van der Waals surface area contributed by atoms with Gasteiger partial charge in [0, 0.05) is 81.1 Å². The predicted molar refractivity (Wildman–Crippen MR) is 190 cm³/mol. The van der Waals surface area contributed by atoms with E-state index in [-0.39, 0.29) is 16.3 Å². The molecule has 0 saturated heterocycles. The second-order valence-corrected chi connectivity index (χ2v) is 10.6. The fourth-order valence-corrected chi connectivity index (χ4v) is 5.37. The van der Waals surface area contributed by atoms with Crippen LogP contribution in [-0.4, -0.2) is 29.9 Å². The molecule has 9 nitrogen and oxygen atoms in total. The minimum atomic E-state index is -0.0660. The van der Waals surface area contributed by atoms with E-state index < -0.39 is 0 Å². The predicted octanol–water partition coefficient (Wildman–Crippen LogP) is 6.43. The molecule has 9 rings (SSSR count). The fraction of sp³-hybridized carbons (Fsp3) is 0. The van der Waals surface area contributed by atoms with Crippen LogP contribution in [0.5, 0.6) is 0 Å². The summed E-state index contributed by atoms with van der Waals surface area (Å²) in [6.07, 6.45) is 11.7. The Labute approximate surface area is 271 Å². The van der Waals surface area contributed by atoms with Gasteiger partial charge in [-0.2, -0.15) is 0 Å². The number of rotatable bonds is 0. The Morgan fingerprint density at radius 1 is 0.333 bits per heavy atom. The van der Waals surface area contributed by atoms with Crippen LogP contribution in [0.3, 0.4) is 0 Å². The molecule has 0 radical (unpaired) electrons. The summed E-state index contributed by atoms with van der Waals surface area (Å²) >= 11 is 0. The smallest absolute Gasteiger partial charge is 0.214 e. The molecule has 0 spiro atoms. The average molecular weight is 625 g/mol. The molecule has 0 aliphatic carbocycles. The summed E-state index contributed by atoms with van der Waals surface area (Å²) in [7, 11) is 0. The summed E-state index contributed by atoms with van der Waals surface area (Å²) in [5.41, 5.74) is 3.22. The average Bonchev–Trinajstić information content (AvgIpc) is 3.47. The van der Waals surface area contributed by atoms with Crippen LogP contribution in [0.25, 0.3) is 65.3 Å². The fourth-order valence-electron chi connectivity index (χ4n) is 5.37. The van der Waals surface area contributed by atoms with Gasteiger partial charge in [0.2, 0.25) is 5.43 Å². The second-order valence-electron chi connectivity index (χ2n) is 10.6. The van der Waals surface area contributed by atoms with E-state index in [1.54, 1.807) is 98.0 Å². The molecule has 6 heterocycles. The van der Waals surface area contributed by atoms with Gasteiger partial charge in [-0.15, -0.1) is 0 Å². The Morgan fingerprint density at radius 3 is 1.29 bits per heavy atom. The number of hydrogen-bond acceptors (Lipinski definition) is 9. The summed E-state index contributed by atoms with van der Waals surface area (Å²) in [6, 6.07) is 30.8. The zero-order valence-corrected chi connectivity index (χ0v) is 25.3. The first-order valence-corrected chi connectivity index (χ1v) is 15.0. The Kier molecular flexibility index (Phi) is 8.22. The van der Waals surface area contributed by atoms with Crippen molar-refractivity contribution in [3.63, 3.8) is 0 Å². The molecule has 6 aromatic heterocycles. The molecule has 0 N–H and O–H groups in total. The molecule has 0 atom stereocenters. The zero-order chi connectivity index (χ0) is 32.9. The van der Waals surface area contributed by atoms with Crippen LogP contribution in [0, 0.1) is 0 Å². The van der Waals surface area contributed by atoms with Gasteiger partial charge in [0.25, 0.3) is 0 Å². The van der Waals surface area contributed by atoms with Crippen molar-refractivity contribution < 1.29 is 0 Å². The number of fused-ring (bicyclic) bond motifs is 6. The minimum Gasteiger partial charge on any atom is -0.289 e. The first-order valence-electron chi connectivity index (χ1n) is 15.0. The Hall–Kier alpha value is -6.87. The molecule has 0 bridgehead atoms. The first kappa shape index (κ1) is 29.8. The number of pyridine rings is 6. The third kappa shape index (κ3) is 5.91. The van der Waals surface area contributed by atoms with Crippen LogP contribution >= 0.6 is 0 Å². The van der Waals surface area contributed by atoms with E-state index in [2.05, 4.69) is 29.9 Å². The van der Waals surface area contributed by atoms with Crippen molar-refractivity contribution in [1.29, 1.82) is 0 Å². The maximum atomic E-state index is 12.2. The normalized spacial score (nSPS) is 10.8. The molecule has 48 heavy (non-hydrogen) atoms. The number of aromatic nitrogens is 6.